The quantitative estimate of drug-likeness (QED) is 0.614. The Labute approximate surface area is 91.0 Å². The molecule has 1 saturated heterocycles. The van der Waals surface area contributed by atoms with Gasteiger partial charge in [-0.3, -0.25) is 10.1 Å². The van der Waals surface area contributed by atoms with Gasteiger partial charge in [0.05, 0.1) is 11.0 Å². The summed E-state index contributed by atoms with van der Waals surface area (Å²) >= 11 is 5.68. The minimum atomic E-state index is -0.466. The summed E-state index contributed by atoms with van der Waals surface area (Å²) in [5, 5.41) is 20.2. The maximum Gasteiger partial charge on any atom is 0.294 e. The van der Waals surface area contributed by atoms with Gasteiger partial charge in [0.2, 0.25) is 0 Å². The molecule has 1 fully saturated rings. The molecule has 1 aromatic carbocycles. The zero-order valence-electron chi connectivity index (χ0n) is 7.76. The van der Waals surface area contributed by atoms with Crippen LogP contribution in [0.15, 0.2) is 18.2 Å². The lowest BCUT2D eigenvalue weighted by molar-refractivity contribution is -0.384. The molecule has 1 heterocycles. The van der Waals surface area contributed by atoms with Crippen LogP contribution in [0.3, 0.4) is 0 Å². The van der Waals surface area contributed by atoms with Crippen LogP contribution >= 0.6 is 11.6 Å². The first-order valence-corrected chi connectivity index (χ1v) is 4.82. The summed E-state index contributed by atoms with van der Waals surface area (Å²) in [7, 11) is 0. The molecule has 0 spiro atoms. The predicted octanol–water partition coefficient (Wildman–Crippen LogP) is 1.43. The molecular formula is C9H9ClN2O3. The molecule has 0 radical (unpaired) electrons. The van der Waals surface area contributed by atoms with Crippen LogP contribution in [0, 0.1) is 10.1 Å². The highest BCUT2D eigenvalue weighted by Crippen LogP contribution is 2.33. The molecule has 0 atom stereocenters. The molecule has 6 heteroatoms. The van der Waals surface area contributed by atoms with Gasteiger partial charge in [0.25, 0.3) is 5.69 Å². The first kappa shape index (κ1) is 10.2. The second kappa shape index (κ2) is 3.67. The maximum atomic E-state index is 10.8. The molecule has 0 aliphatic carbocycles. The third-order valence-corrected chi connectivity index (χ3v) is 2.57. The number of hydrogen-bond donors (Lipinski definition) is 1. The second-order valence-electron chi connectivity index (χ2n) is 3.45. The summed E-state index contributed by atoms with van der Waals surface area (Å²) in [5.41, 5.74) is 0.490. The Hall–Kier alpha value is -1.33. The molecule has 1 aliphatic rings. The minimum absolute atomic E-state index is 0.0191. The van der Waals surface area contributed by atoms with Crippen LogP contribution in [0.5, 0.6) is 0 Å². The number of anilines is 1. The lowest BCUT2D eigenvalue weighted by Gasteiger charge is -2.37. The maximum absolute atomic E-state index is 10.8. The van der Waals surface area contributed by atoms with Crippen molar-refractivity contribution in [2.75, 3.05) is 18.0 Å². The fraction of sp³-hybridized carbons (Fsp3) is 0.333. The van der Waals surface area contributed by atoms with Crippen LogP contribution in [0.2, 0.25) is 5.02 Å². The Kier molecular flexibility index (Phi) is 2.50. The summed E-state index contributed by atoms with van der Waals surface area (Å²) in [6.07, 6.45) is -0.389. The molecule has 0 bridgehead atoms. The summed E-state index contributed by atoms with van der Waals surface area (Å²) in [6, 6.07) is 4.53. The fourth-order valence-electron chi connectivity index (χ4n) is 1.56. The van der Waals surface area contributed by atoms with Gasteiger partial charge in [-0.05, 0) is 12.1 Å². The number of nitrogens with zero attached hydrogens (tertiary/aromatic N) is 2. The molecule has 80 valence electrons. The zero-order valence-corrected chi connectivity index (χ0v) is 8.52. The molecule has 5 nitrogen and oxygen atoms in total. The van der Waals surface area contributed by atoms with Crippen molar-refractivity contribution in [3.8, 4) is 0 Å². The first-order valence-electron chi connectivity index (χ1n) is 4.45. The average Bonchev–Trinajstić information content (AvgIpc) is 2.13. The number of aliphatic hydroxyl groups excluding tert-OH is 1. The molecule has 2 rings (SSSR count). The Morgan fingerprint density at radius 1 is 1.53 bits per heavy atom. The lowest BCUT2D eigenvalue weighted by Crippen LogP contribution is -2.51. The Bertz CT molecular complexity index is 404. The van der Waals surface area contributed by atoms with Crippen LogP contribution < -0.4 is 4.90 Å². The summed E-state index contributed by atoms with van der Waals surface area (Å²) in [4.78, 5) is 12.0. The number of halogens is 1. The van der Waals surface area contributed by atoms with Crippen molar-refractivity contribution >= 4 is 23.0 Å². The number of aliphatic hydroxyl groups is 1. The Balaban J connectivity index is 2.34. The molecule has 0 aromatic heterocycles. The monoisotopic (exact) mass is 228 g/mol. The highest BCUT2D eigenvalue weighted by atomic mass is 35.5. The molecule has 1 N–H and O–H groups in total. The highest BCUT2D eigenvalue weighted by Gasteiger charge is 2.29. The number of benzene rings is 1. The number of hydrogen-bond acceptors (Lipinski definition) is 4. The Morgan fingerprint density at radius 3 is 2.73 bits per heavy atom. The summed E-state index contributed by atoms with van der Waals surface area (Å²) in [6.45, 7) is 0.866. The van der Waals surface area contributed by atoms with Gasteiger partial charge in [0.15, 0.2) is 0 Å². The van der Waals surface area contributed by atoms with E-state index in [2.05, 4.69) is 0 Å². The molecule has 0 unspecified atom stereocenters. The van der Waals surface area contributed by atoms with E-state index in [1.807, 2.05) is 0 Å². The summed E-state index contributed by atoms with van der Waals surface area (Å²) < 4.78 is 0. The highest BCUT2D eigenvalue weighted by molar-refractivity contribution is 6.30. The van der Waals surface area contributed by atoms with Gasteiger partial charge in [-0.25, -0.2) is 0 Å². The lowest BCUT2D eigenvalue weighted by atomic mass is 10.1. The topological polar surface area (TPSA) is 66.6 Å². The standard InChI is InChI=1S/C9H9ClN2O3/c10-6-1-2-8(9(3-6)12(14)15)11-4-7(13)5-11/h1-3,7,13H,4-5H2. The minimum Gasteiger partial charge on any atom is -0.389 e. The van der Waals surface area contributed by atoms with Crippen LogP contribution in [0.1, 0.15) is 0 Å². The van der Waals surface area contributed by atoms with E-state index in [-0.39, 0.29) is 11.8 Å². The average molecular weight is 229 g/mol. The van der Waals surface area contributed by atoms with E-state index in [0.717, 1.165) is 0 Å². The molecule has 0 saturated carbocycles. The fourth-order valence-corrected chi connectivity index (χ4v) is 1.73. The summed E-state index contributed by atoms with van der Waals surface area (Å²) in [5.74, 6) is 0. The first-order chi connectivity index (χ1) is 7.08. The van der Waals surface area contributed by atoms with E-state index < -0.39 is 4.92 Å². The van der Waals surface area contributed by atoms with Gasteiger partial charge >= 0.3 is 0 Å². The van der Waals surface area contributed by atoms with Gasteiger partial charge in [-0.15, -0.1) is 0 Å². The van der Waals surface area contributed by atoms with Gasteiger partial charge in [-0.2, -0.15) is 0 Å². The smallest absolute Gasteiger partial charge is 0.294 e. The number of nitro groups is 1. The normalized spacial score (nSPS) is 16.3. The second-order valence-corrected chi connectivity index (χ2v) is 3.89. The zero-order chi connectivity index (χ0) is 11.0. The van der Waals surface area contributed by atoms with Crippen molar-refractivity contribution in [1.29, 1.82) is 0 Å². The molecule has 15 heavy (non-hydrogen) atoms. The van der Waals surface area contributed by atoms with E-state index in [9.17, 15) is 10.1 Å². The van der Waals surface area contributed by atoms with Gasteiger partial charge in [0, 0.05) is 24.2 Å². The Morgan fingerprint density at radius 2 is 2.20 bits per heavy atom. The van der Waals surface area contributed by atoms with E-state index in [1.54, 1.807) is 17.0 Å². The van der Waals surface area contributed by atoms with E-state index in [1.165, 1.54) is 6.07 Å². The number of β-amino-alcohol motifs (C(OH)–C–C–N with tert-alkyl or cyclic N) is 1. The largest absolute Gasteiger partial charge is 0.389 e. The van der Waals surface area contributed by atoms with E-state index in [0.29, 0.717) is 23.8 Å². The van der Waals surface area contributed by atoms with Crippen molar-refractivity contribution in [3.63, 3.8) is 0 Å². The number of nitro benzene ring substituents is 1. The number of rotatable bonds is 2. The molecule has 0 amide bonds. The van der Waals surface area contributed by atoms with E-state index >= 15 is 0 Å². The van der Waals surface area contributed by atoms with Crippen molar-refractivity contribution in [2.24, 2.45) is 0 Å². The van der Waals surface area contributed by atoms with Crippen LogP contribution in [0.4, 0.5) is 11.4 Å². The van der Waals surface area contributed by atoms with Crippen LogP contribution in [0.25, 0.3) is 0 Å². The van der Waals surface area contributed by atoms with Crippen LogP contribution in [-0.4, -0.2) is 29.2 Å². The van der Waals surface area contributed by atoms with Gasteiger partial charge in [0.1, 0.15) is 5.69 Å². The molecule has 1 aromatic rings. The SMILES string of the molecule is O=[N+]([O-])c1cc(Cl)ccc1N1CC(O)C1. The van der Waals surface area contributed by atoms with Crippen LogP contribution in [-0.2, 0) is 0 Å². The third kappa shape index (κ3) is 1.88. The van der Waals surface area contributed by atoms with Gasteiger partial charge < -0.3 is 10.0 Å². The van der Waals surface area contributed by atoms with Gasteiger partial charge in [-0.1, -0.05) is 11.6 Å². The van der Waals surface area contributed by atoms with Crippen molar-refractivity contribution < 1.29 is 10.0 Å². The van der Waals surface area contributed by atoms with E-state index in [4.69, 9.17) is 16.7 Å². The van der Waals surface area contributed by atoms with Crippen molar-refractivity contribution in [3.05, 3.63) is 33.3 Å². The molecular weight excluding hydrogens is 220 g/mol. The molecule has 1 aliphatic heterocycles. The predicted molar refractivity (Wildman–Crippen MR) is 56.3 cm³/mol. The third-order valence-electron chi connectivity index (χ3n) is 2.34. The van der Waals surface area contributed by atoms with Crippen molar-refractivity contribution in [1.82, 2.24) is 0 Å². The van der Waals surface area contributed by atoms with Crippen molar-refractivity contribution in [2.45, 2.75) is 6.10 Å².